The predicted molar refractivity (Wildman–Crippen MR) is 69.0 cm³/mol. The van der Waals surface area contributed by atoms with E-state index < -0.39 is 6.04 Å². The maximum atomic E-state index is 12.0. The molecule has 1 heterocycles. The molecule has 0 aliphatic heterocycles. The molecular weight excluding hydrogens is 248 g/mol. The Morgan fingerprint density at radius 2 is 2.26 bits per heavy atom. The van der Waals surface area contributed by atoms with Gasteiger partial charge in [0.25, 0.3) is 0 Å². The van der Waals surface area contributed by atoms with Crippen LogP contribution in [0.25, 0.3) is 0 Å². The average Bonchev–Trinajstić information content (AvgIpc) is 2.83. The number of amides is 1. The largest absolute Gasteiger partial charge is 0.469 e. The number of hydrogen-bond donors (Lipinski definition) is 1. The summed E-state index contributed by atoms with van der Waals surface area (Å²) in [6.07, 6.45) is 4.13. The number of rotatable bonds is 6. The summed E-state index contributed by atoms with van der Waals surface area (Å²) in [7, 11) is 4.77. The highest BCUT2D eigenvalue weighted by Crippen LogP contribution is 2.11. The van der Waals surface area contributed by atoms with E-state index in [9.17, 15) is 9.59 Å². The molecule has 7 nitrogen and oxygen atoms in total. The zero-order chi connectivity index (χ0) is 14.4. The van der Waals surface area contributed by atoms with Crippen LogP contribution in [-0.4, -0.2) is 47.3 Å². The van der Waals surface area contributed by atoms with Crippen LogP contribution in [0.3, 0.4) is 0 Å². The smallest absolute Gasteiger partial charge is 0.305 e. The lowest BCUT2D eigenvalue weighted by Gasteiger charge is -2.20. The van der Waals surface area contributed by atoms with Gasteiger partial charge < -0.3 is 15.4 Å². The standard InChI is InChI=1S/C12H20N4O3/c1-15(6-4-5-10(17)19-3)12(18)11(13)9-7-14-16(2)8-9/h7-8,11H,4-6,13H2,1-3H3. The second kappa shape index (κ2) is 6.89. The lowest BCUT2D eigenvalue weighted by Crippen LogP contribution is -2.36. The van der Waals surface area contributed by atoms with Gasteiger partial charge in [-0.15, -0.1) is 0 Å². The molecule has 1 amide bonds. The van der Waals surface area contributed by atoms with Crippen LogP contribution in [0, 0.1) is 0 Å². The Kier molecular flexibility index (Phi) is 5.50. The SMILES string of the molecule is COC(=O)CCCN(C)C(=O)C(N)c1cnn(C)c1. The topological polar surface area (TPSA) is 90.4 Å². The highest BCUT2D eigenvalue weighted by Gasteiger charge is 2.20. The van der Waals surface area contributed by atoms with Gasteiger partial charge in [-0.25, -0.2) is 0 Å². The van der Waals surface area contributed by atoms with E-state index >= 15 is 0 Å². The average molecular weight is 268 g/mol. The van der Waals surface area contributed by atoms with E-state index in [1.54, 1.807) is 31.2 Å². The second-order valence-electron chi connectivity index (χ2n) is 4.36. The van der Waals surface area contributed by atoms with Gasteiger partial charge in [-0.3, -0.25) is 14.3 Å². The van der Waals surface area contributed by atoms with Crippen molar-refractivity contribution in [1.82, 2.24) is 14.7 Å². The summed E-state index contributed by atoms with van der Waals surface area (Å²) in [5.41, 5.74) is 6.55. The van der Waals surface area contributed by atoms with Crippen LogP contribution in [0.4, 0.5) is 0 Å². The summed E-state index contributed by atoms with van der Waals surface area (Å²) in [6.45, 7) is 0.460. The minimum atomic E-state index is -0.725. The Morgan fingerprint density at radius 3 is 2.79 bits per heavy atom. The molecule has 0 saturated heterocycles. The van der Waals surface area contributed by atoms with Crippen molar-refractivity contribution in [2.24, 2.45) is 12.8 Å². The van der Waals surface area contributed by atoms with Gasteiger partial charge in [0.05, 0.1) is 13.3 Å². The maximum absolute atomic E-state index is 12.0. The molecule has 106 valence electrons. The fourth-order valence-electron chi connectivity index (χ4n) is 1.65. The number of carbonyl (C=O) groups excluding carboxylic acids is 2. The quantitative estimate of drug-likeness (QED) is 0.723. The molecule has 0 saturated carbocycles. The van der Waals surface area contributed by atoms with Gasteiger partial charge in [0.2, 0.25) is 5.91 Å². The number of methoxy groups -OCH3 is 1. The Balaban J connectivity index is 2.45. The number of aromatic nitrogens is 2. The van der Waals surface area contributed by atoms with E-state index in [1.807, 2.05) is 0 Å². The van der Waals surface area contributed by atoms with Crippen molar-refractivity contribution in [1.29, 1.82) is 0 Å². The van der Waals surface area contributed by atoms with Gasteiger partial charge in [0, 0.05) is 38.8 Å². The van der Waals surface area contributed by atoms with Crippen molar-refractivity contribution >= 4 is 11.9 Å². The first-order chi connectivity index (χ1) is 8.95. The highest BCUT2D eigenvalue weighted by molar-refractivity contribution is 5.82. The summed E-state index contributed by atoms with van der Waals surface area (Å²) in [5.74, 6) is -0.477. The van der Waals surface area contributed by atoms with Crippen molar-refractivity contribution in [2.75, 3.05) is 20.7 Å². The number of likely N-dealkylation sites (N-methyl/N-ethyl adjacent to an activating group) is 1. The third-order valence-electron chi connectivity index (χ3n) is 2.83. The Labute approximate surface area is 112 Å². The van der Waals surface area contributed by atoms with Gasteiger partial charge >= 0.3 is 5.97 Å². The van der Waals surface area contributed by atoms with Crippen LogP contribution >= 0.6 is 0 Å². The molecule has 1 aromatic rings. The molecular formula is C12H20N4O3. The lowest BCUT2D eigenvalue weighted by atomic mass is 10.1. The zero-order valence-electron chi connectivity index (χ0n) is 11.5. The number of aryl methyl sites for hydroxylation is 1. The molecule has 0 fully saturated rings. The Morgan fingerprint density at radius 1 is 1.58 bits per heavy atom. The van der Waals surface area contributed by atoms with E-state index in [2.05, 4.69) is 9.84 Å². The highest BCUT2D eigenvalue weighted by atomic mass is 16.5. The summed E-state index contributed by atoms with van der Waals surface area (Å²) >= 11 is 0. The molecule has 1 rings (SSSR count). The summed E-state index contributed by atoms with van der Waals surface area (Å²) < 4.78 is 6.13. The normalized spacial score (nSPS) is 12.0. The molecule has 0 aliphatic rings. The number of nitrogens with two attached hydrogens (primary N) is 1. The number of nitrogens with zero attached hydrogens (tertiary/aromatic N) is 3. The van der Waals surface area contributed by atoms with Gasteiger partial charge in [0.15, 0.2) is 0 Å². The first-order valence-corrected chi connectivity index (χ1v) is 6.01. The minimum Gasteiger partial charge on any atom is -0.469 e. The third kappa shape index (κ3) is 4.36. The molecule has 0 aliphatic carbocycles. The van der Waals surface area contributed by atoms with E-state index in [-0.39, 0.29) is 18.3 Å². The summed E-state index contributed by atoms with van der Waals surface area (Å²) in [4.78, 5) is 24.5. The minimum absolute atomic E-state index is 0.196. The van der Waals surface area contributed by atoms with E-state index in [0.29, 0.717) is 18.5 Å². The van der Waals surface area contributed by atoms with Crippen LogP contribution in [-0.2, 0) is 21.4 Å². The van der Waals surface area contributed by atoms with Crippen molar-refractivity contribution in [3.05, 3.63) is 18.0 Å². The van der Waals surface area contributed by atoms with Crippen molar-refractivity contribution in [2.45, 2.75) is 18.9 Å². The number of carbonyl (C=O) groups is 2. The first kappa shape index (κ1) is 15.2. The monoisotopic (exact) mass is 268 g/mol. The summed E-state index contributed by atoms with van der Waals surface area (Å²) in [6, 6.07) is -0.725. The van der Waals surface area contributed by atoms with Crippen molar-refractivity contribution in [3.63, 3.8) is 0 Å². The fourth-order valence-corrected chi connectivity index (χ4v) is 1.65. The van der Waals surface area contributed by atoms with Gasteiger partial charge in [0.1, 0.15) is 6.04 Å². The molecule has 1 aromatic heterocycles. The lowest BCUT2D eigenvalue weighted by molar-refractivity contribution is -0.141. The van der Waals surface area contributed by atoms with Gasteiger partial charge in [-0.1, -0.05) is 0 Å². The first-order valence-electron chi connectivity index (χ1n) is 6.01. The van der Waals surface area contributed by atoms with Crippen LogP contribution in [0.2, 0.25) is 0 Å². The molecule has 0 aromatic carbocycles. The molecule has 1 atom stereocenters. The number of esters is 1. The maximum Gasteiger partial charge on any atom is 0.305 e. The van der Waals surface area contributed by atoms with E-state index in [1.165, 1.54) is 12.0 Å². The van der Waals surface area contributed by atoms with E-state index in [0.717, 1.165) is 0 Å². The Hall–Kier alpha value is -1.89. The predicted octanol–water partition coefficient (Wildman–Crippen LogP) is -0.168. The molecule has 0 radical (unpaired) electrons. The molecule has 2 N–H and O–H groups in total. The van der Waals surface area contributed by atoms with E-state index in [4.69, 9.17) is 5.73 Å². The second-order valence-corrected chi connectivity index (χ2v) is 4.36. The van der Waals surface area contributed by atoms with Crippen molar-refractivity contribution < 1.29 is 14.3 Å². The molecule has 19 heavy (non-hydrogen) atoms. The van der Waals surface area contributed by atoms with Crippen LogP contribution in [0.5, 0.6) is 0 Å². The summed E-state index contributed by atoms with van der Waals surface area (Å²) in [5, 5.41) is 3.98. The molecule has 7 heteroatoms. The molecule has 1 unspecified atom stereocenters. The van der Waals surface area contributed by atoms with Gasteiger partial charge in [-0.2, -0.15) is 5.10 Å². The Bertz CT molecular complexity index is 444. The number of ether oxygens (including phenoxy) is 1. The third-order valence-corrected chi connectivity index (χ3v) is 2.83. The van der Waals surface area contributed by atoms with Crippen LogP contribution in [0.15, 0.2) is 12.4 Å². The fraction of sp³-hybridized carbons (Fsp3) is 0.583. The number of hydrogen-bond acceptors (Lipinski definition) is 5. The zero-order valence-corrected chi connectivity index (χ0v) is 11.5. The molecule has 0 bridgehead atoms. The van der Waals surface area contributed by atoms with Gasteiger partial charge in [-0.05, 0) is 6.42 Å². The van der Waals surface area contributed by atoms with Crippen LogP contribution < -0.4 is 5.73 Å². The molecule has 0 spiro atoms. The van der Waals surface area contributed by atoms with Crippen molar-refractivity contribution in [3.8, 4) is 0 Å². The van der Waals surface area contributed by atoms with Crippen LogP contribution in [0.1, 0.15) is 24.4 Å².